The summed E-state index contributed by atoms with van der Waals surface area (Å²) in [6, 6.07) is 9.07. The van der Waals surface area contributed by atoms with Gasteiger partial charge in [-0.25, -0.2) is 8.78 Å². The van der Waals surface area contributed by atoms with Crippen molar-refractivity contribution in [3.8, 4) is 5.75 Å². The van der Waals surface area contributed by atoms with E-state index in [0.717, 1.165) is 17.7 Å². The third-order valence-corrected chi connectivity index (χ3v) is 5.87. The molecule has 0 aromatic heterocycles. The van der Waals surface area contributed by atoms with Crippen molar-refractivity contribution < 1.29 is 23.4 Å². The zero-order valence-electron chi connectivity index (χ0n) is 13.9. The van der Waals surface area contributed by atoms with Gasteiger partial charge in [0.1, 0.15) is 23.8 Å². The largest absolute Gasteiger partial charge is 0.487 e. The Morgan fingerprint density at radius 2 is 1.81 bits per heavy atom. The maximum atomic E-state index is 14.8. The summed E-state index contributed by atoms with van der Waals surface area (Å²) in [5.74, 6) is -1.58. The molecule has 3 nitrogen and oxygen atoms in total. The number of rotatable bonds is 2. The molecular weight excluding hydrogens is 362 g/mol. The van der Waals surface area contributed by atoms with Crippen LogP contribution >= 0.6 is 11.6 Å². The maximum Gasteiger partial charge on any atom is 0.165 e. The van der Waals surface area contributed by atoms with Crippen molar-refractivity contribution >= 4 is 17.4 Å². The highest BCUT2D eigenvalue weighted by molar-refractivity contribution is 6.30. The summed E-state index contributed by atoms with van der Waals surface area (Å²) in [6.07, 6.45) is 0.535. The summed E-state index contributed by atoms with van der Waals surface area (Å²) in [5, 5.41) is 11.9. The lowest BCUT2D eigenvalue weighted by Crippen LogP contribution is -2.62. The van der Waals surface area contributed by atoms with Crippen LogP contribution in [0.1, 0.15) is 30.4 Å². The van der Waals surface area contributed by atoms with E-state index in [2.05, 4.69) is 0 Å². The minimum atomic E-state index is -1.59. The molecule has 1 aliphatic carbocycles. The first kappa shape index (κ1) is 17.4. The van der Waals surface area contributed by atoms with E-state index in [1.54, 1.807) is 24.3 Å². The Hall–Kier alpha value is -1.98. The number of ether oxygens (including phenoxy) is 1. The normalized spacial score (nSPS) is 27.5. The van der Waals surface area contributed by atoms with Gasteiger partial charge in [-0.2, -0.15) is 0 Å². The summed E-state index contributed by atoms with van der Waals surface area (Å²) in [5.41, 5.74) is -1.90. The van der Waals surface area contributed by atoms with Crippen molar-refractivity contribution in [1.82, 2.24) is 0 Å². The van der Waals surface area contributed by atoms with Crippen LogP contribution in [0.5, 0.6) is 5.75 Å². The summed E-state index contributed by atoms with van der Waals surface area (Å²) >= 11 is 5.94. The molecule has 2 aromatic rings. The molecule has 0 spiro atoms. The Bertz CT molecular complexity index is 883. The highest BCUT2D eigenvalue weighted by Crippen LogP contribution is 2.54. The van der Waals surface area contributed by atoms with Crippen LogP contribution in [0.25, 0.3) is 0 Å². The van der Waals surface area contributed by atoms with E-state index >= 15 is 0 Å². The Balaban J connectivity index is 1.92. The summed E-state index contributed by atoms with van der Waals surface area (Å²) in [4.78, 5) is 12.0. The highest BCUT2D eigenvalue weighted by Gasteiger charge is 2.60. The number of aliphatic hydroxyl groups is 1. The predicted molar refractivity (Wildman–Crippen MR) is 92.5 cm³/mol. The molecule has 0 unspecified atom stereocenters. The maximum absolute atomic E-state index is 14.8. The molecule has 0 bridgehead atoms. The molecule has 1 heterocycles. The average Bonchev–Trinajstić information content (AvgIpc) is 2.60. The number of benzene rings is 2. The van der Waals surface area contributed by atoms with Gasteiger partial charge in [-0.05, 0) is 42.7 Å². The van der Waals surface area contributed by atoms with E-state index in [4.69, 9.17) is 16.3 Å². The fourth-order valence-corrected chi connectivity index (χ4v) is 4.45. The zero-order valence-corrected chi connectivity index (χ0v) is 14.7. The van der Waals surface area contributed by atoms with E-state index in [1.165, 1.54) is 0 Å². The minimum Gasteiger partial charge on any atom is -0.487 e. The second-order valence-electron chi connectivity index (χ2n) is 7.15. The molecule has 0 saturated heterocycles. The molecule has 1 N–H and O–H groups in total. The molecule has 0 radical (unpaired) electrons. The fraction of sp³-hybridized carbons (Fsp3) is 0.350. The van der Waals surface area contributed by atoms with Crippen LogP contribution in [0.2, 0.25) is 5.02 Å². The van der Waals surface area contributed by atoms with Crippen LogP contribution in [0, 0.1) is 11.6 Å². The number of carbonyl (C=O) groups excluding carboxylic acids is 1. The van der Waals surface area contributed by atoms with Gasteiger partial charge < -0.3 is 9.84 Å². The van der Waals surface area contributed by atoms with Gasteiger partial charge in [-0.1, -0.05) is 23.7 Å². The van der Waals surface area contributed by atoms with Gasteiger partial charge in [0, 0.05) is 28.8 Å². The van der Waals surface area contributed by atoms with E-state index in [-0.39, 0.29) is 49.4 Å². The topological polar surface area (TPSA) is 46.5 Å². The SMILES string of the molecule is O=C1CC[C@@]2(Cc3ccc(Cl)cc3)c3c(F)ccc(F)c3OC[C@@]2(O)C1. The number of carbonyl (C=O) groups is 1. The smallest absolute Gasteiger partial charge is 0.165 e. The second-order valence-corrected chi connectivity index (χ2v) is 7.59. The van der Waals surface area contributed by atoms with Crippen molar-refractivity contribution in [2.75, 3.05) is 6.61 Å². The van der Waals surface area contributed by atoms with Gasteiger partial charge in [0.05, 0.1) is 0 Å². The number of Topliss-reactive ketones (excluding diaryl/α,β-unsaturated/α-hetero) is 1. The van der Waals surface area contributed by atoms with Crippen LogP contribution in [0.4, 0.5) is 8.78 Å². The number of fused-ring (bicyclic) bond motifs is 3. The molecule has 136 valence electrons. The van der Waals surface area contributed by atoms with Crippen LogP contribution < -0.4 is 4.74 Å². The number of ketones is 1. The van der Waals surface area contributed by atoms with Crippen LogP contribution in [-0.2, 0) is 16.6 Å². The van der Waals surface area contributed by atoms with Crippen molar-refractivity contribution in [1.29, 1.82) is 0 Å². The van der Waals surface area contributed by atoms with Crippen molar-refractivity contribution in [3.63, 3.8) is 0 Å². The molecule has 0 amide bonds. The van der Waals surface area contributed by atoms with Crippen molar-refractivity contribution in [3.05, 3.63) is 64.2 Å². The number of hydrogen-bond acceptors (Lipinski definition) is 3. The Morgan fingerprint density at radius 3 is 2.54 bits per heavy atom. The molecule has 1 saturated carbocycles. The molecule has 26 heavy (non-hydrogen) atoms. The Labute approximate surface area is 154 Å². The Kier molecular flexibility index (Phi) is 4.04. The summed E-state index contributed by atoms with van der Waals surface area (Å²) in [7, 11) is 0. The van der Waals surface area contributed by atoms with Gasteiger partial charge in [0.25, 0.3) is 0 Å². The summed E-state index contributed by atoms with van der Waals surface area (Å²) < 4.78 is 34.6. The van der Waals surface area contributed by atoms with E-state index in [0.29, 0.717) is 5.02 Å². The molecule has 2 aliphatic rings. The predicted octanol–water partition coefficient (Wildman–Crippen LogP) is 3.98. The second kappa shape index (κ2) is 6.03. The van der Waals surface area contributed by atoms with Gasteiger partial charge in [-0.3, -0.25) is 4.79 Å². The fourth-order valence-electron chi connectivity index (χ4n) is 4.32. The third kappa shape index (κ3) is 2.53. The minimum absolute atomic E-state index is 0.0219. The number of hydrogen-bond donors (Lipinski definition) is 1. The lowest BCUT2D eigenvalue weighted by molar-refractivity contribution is -0.146. The van der Waals surface area contributed by atoms with Crippen LogP contribution in [0.3, 0.4) is 0 Å². The third-order valence-electron chi connectivity index (χ3n) is 5.62. The monoisotopic (exact) mass is 378 g/mol. The van der Waals surface area contributed by atoms with Gasteiger partial charge >= 0.3 is 0 Å². The molecule has 1 fully saturated rings. The van der Waals surface area contributed by atoms with Crippen LogP contribution in [0.15, 0.2) is 36.4 Å². The van der Waals surface area contributed by atoms with Crippen molar-refractivity contribution in [2.24, 2.45) is 0 Å². The van der Waals surface area contributed by atoms with Gasteiger partial charge in [0.2, 0.25) is 0 Å². The molecule has 2 atom stereocenters. The average molecular weight is 379 g/mol. The van der Waals surface area contributed by atoms with Gasteiger partial charge in [0.15, 0.2) is 11.6 Å². The van der Waals surface area contributed by atoms with Crippen molar-refractivity contribution in [2.45, 2.75) is 36.7 Å². The lowest BCUT2D eigenvalue weighted by Gasteiger charge is -2.53. The standard InChI is InChI=1S/C20H17ClF2O3/c21-13-3-1-12(2-4-13)9-19-8-7-14(24)10-20(19,25)11-26-18-16(23)6-5-15(22)17(18)19/h1-6,25H,7-11H2/t19-,20+/m1/s1. The zero-order chi connectivity index (χ0) is 18.5. The quantitative estimate of drug-likeness (QED) is 0.860. The first-order valence-electron chi connectivity index (χ1n) is 8.44. The molecule has 1 aliphatic heterocycles. The van der Waals surface area contributed by atoms with E-state index < -0.39 is 22.7 Å². The molecule has 6 heteroatoms. The number of halogens is 3. The Morgan fingerprint density at radius 1 is 1.12 bits per heavy atom. The van der Waals surface area contributed by atoms with E-state index in [9.17, 15) is 18.7 Å². The molecule has 4 rings (SSSR count). The van der Waals surface area contributed by atoms with Gasteiger partial charge in [-0.15, -0.1) is 0 Å². The summed E-state index contributed by atoms with van der Waals surface area (Å²) in [6.45, 7) is -0.250. The first-order chi connectivity index (χ1) is 12.3. The molecular formula is C20H17ClF2O3. The lowest BCUT2D eigenvalue weighted by atomic mass is 9.56. The first-order valence-corrected chi connectivity index (χ1v) is 8.82. The van der Waals surface area contributed by atoms with E-state index in [1.807, 2.05) is 0 Å². The highest BCUT2D eigenvalue weighted by atomic mass is 35.5. The van der Waals surface area contributed by atoms with Crippen LogP contribution in [-0.4, -0.2) is 23.1 Å². The molecule has 2 aromatic carbocycles.